The van der Waals surface area contributed by atoms with E-state index in [1.54, 1.807) is 0 Å². The predicted octanol–water partition coefficient (Wildman–Crippen LogP) is 1.20. The quantitative estimate of drug-likeness (QED) is 0.535. The lowest BCUT2D eigenvalue weighted by atomic mass is 10.3. The van der Waals surface area contributed by atoms with Crippen molar-refractivity contribution >= 4 is 0 Å². The van der Waals surface area contributed by atoms with E-state index in [9.17, 15) is 0 Å². The minimum atomic E-state index is 0.282. The third-order valence-corrected chi connectivity index (χ3v) is 1.37. The van der Waals surface area contributed by atoms with Gasteiger partial charge < -0.3 is 9.47 Å². The standard InChI is InChI=1S/C7H14O2/c1-5(2)9-6(3)7-4-8-7/h5-7H,4H2,1-3H3. The third kappa shape index (κ3) is 2.33. The van der Waals surface area contributed by atoms with Crippen LogP contribution in [-0.2, 0) is 9.47 Å². The van der Waals surface area contributed by atoms with E-state index in [-0.39, 0.29) is 6.10 Å². The maximum atomic E-state index is 5.45. The number of hydrogen-bond acceptors (Lipinski definition) is 2. The SMILES string of the molecule is CC(C)OC(C)C1CO1. The largest absolute Gasteiger partial charge is 0.373 e. The highest BCUT2D eigenvalue weighted by Gasteiger charge is 2.30. The zero-order valence-electron chi connectivity index (χ0n) is 6.26. The Kier molecular flexibility index (Phi) is 2.09. The first-order valence-corrected chi connectivity index (χ1v) is 3.47. The molecule has 1 aliphatic rings. The summed E-state index contributed by atoms with van der Waals surface area (Å²) in [6.45, 7) is 7.02. The zero-order valence-corrected chi connectivity index (χ0v) is 6.26. The second kappa shape index (κ2) is 2.67. The molecule has 9 heavy (non-hydrogen) atoms. The van der Waals surface area contributed by atoms with Crippen molar-refractivity contribution in [3.63, 3.8) is 0 Å². The predicted molar refractivity (Wildman–Crippen MR) is 35.4 cm³/mol. The summed E-state index contributed by atoms with van der Waals surface area (Å²) >= 11 is 0. The van der Waals surface area contributed by atoms with Gasteiger partial charge in [-0.3, -0.25) is 0 Å². The molecule has 0 aliphatic carbocycles. The van der Waals surface area contributed by atoms with Gasteiger partial charge in [-0.05, 0) is 20.8 Å². The summed E-state index contributed by atoms with van der Waals surface area (Å²) in [5, 5.41) is 0. The molecule has 0 aromatic heterocycles. The van der Waals surface area contributed by atoms with Crippen molar-refractivity contribution in [1.29, 1.82) is 0 Å². The van der Waals surface area contributed by atoms with Gasteiger partial charge in [0.05, 0.1) is 18.8 Å². The van der Waals surface area contributed by atoms with Gasteiger partial charge in [-0.15, -0.1) is 0 Å². The van der Waals surface area contributed by atoms with Crippen molar-refractivity contribution in [3.05, 3.63) is 0 Å². The Morgan fingerprint density at radius 3 is 2.33 bits per heavy atom. The maximum Gasteiger partial charge on any atom is 0.107 e. The average molecular weight is 130 g/mol. The molecular formula is C7H14O2. The van der Waals surface area contributed by atoms with Gasteiger partial charge in [-0.1, -0.05) is 0 Å². The molecule has 0 N–H and O–H groups in total. The third-order valence-electron chi connectivity index (χ3n) is 1.37. The van der Waals surface area contributed by atoms with Crippen LogP contribution in [0.4, 0.5) is 0 Å². The van der Waals surface area contributed by atoms with Crippen molar-refractivity contribution in [2.24, 2.45) is 0 Å². The van der Waals surface area contributed by atoms with Crippen LogP contribution in [0.2, 0.25) is 0 Å². The first-order valence-electron chi connectivity index (χ1n) is 3.47. The smallest absolute Gasteiger partial charge is 0.107 e. The number of ether oxygens (including phenoxy) is 2. The Labute approximate surface area is 56.2 Å². The molecule has 0 amide bonds. The van der Waals surface area contributed by atoms with E-state index < -0.39 is 0 Å². The van der Waals surface area contributed by atoms with E-state index in [0.29, 0.717) is 12.2 Å². The van der Waals surface area contributed by atoms with E-state index in [0.717, 1.165) is 6.61 Å². The molecule has 0 aromatic carbocycles. The van der Waals surface area contributed by atoms with Crippen LogP contribution in [0, 0.1) is 0 Å². The summed E-state index contributed by atoms with van der Waals surface area (Å²) < 4.78 is 10.5. The Hall–Kier alpha value is -0.0800. The lowest BCUT2D eigenvalue weighted by molar-refractivity contribution is 0.00353. The van der Waals surface area contributed by atoms with Gasteiger partial charge in [-0.2, -0.15) is 0 Å². The molecule has 54 valence electrons. The average Bonchev–Trinajstić information content (AvgIpc) is 2.40. The van der Waals surface area contributed by atoms with Crippen LogP contribution in [0.15, 0.2) is 0 Å². The molecule has 1 rings (SSSR count). The molecule has 1 fully saturated rings. The van der Waals surface area contributed by atoms with Gasteiger partial charge in [0.15, 0.2) is 0 Å². The molecule has 0 spiro atoms. The van der Waals surface area contributed by atoms with Gasteiger partial charge in [0, 0.05) is 0 Å². The van der Waals surface area contributed by atoms with Crippen molar-refractivity contribution < 1.29 is 9.47 Å². The lowest BCUT2D eigenvalue weighted by Gasteiger charge is -2.12. The Balaban J connectivity index is 2.10. The molecule has 2 unspecified atom stereocenters. The second-order valence-electron chi connectivity index (χ2n) is 2.76. The van der Waals surface area contributed by atoms with Gasteiger partial charge >= 0.3 is 0 Å². The van der Waals surface area contributed by atoms with Crippen LogP contribution in [0.25, 0.3) is 0 Å². The molecule has 2 atom stereocenters. The van der Waals surface area contributed by atoms with Gasteiger partial charge in [0.1, 0.15) is 6.10 Å². The Morgan fingerprint density at radius 2 is 2.00 bits per heavy atom. The monoisotopic (exact) mass is 130 g/mol. The number of rotatable bonds is 3. The number of epoxide rings is 1. The summed E-state index contributed by atoms with van der Waals surface area (Å²) in [5.41, 5.74) is 0. The maximum absolute atomic E-state index is 5.45. The molecule has 0 saturated carbocycles. The zero-order chi connectivity index (χ0) is 6.85. The minimum Gasteiger partial charge on any atom is -0.373 e. The van der Waals surface area contributed by atoms with Crippen LogP contribution in [0.1, 0.15) is 20.8 Å². The summed E-state index contributed by atoms with van der Waals surface area (Å²) in [6, 6.07) is 0. The normalized spacial score (nSPS) is 28.7. The van der Waals surface area contributed by atoms with Crippen LogP contribution in [0.3, 0.4) is 0 Å². The topological polar surface area (TPSA) is 21.8 Å². The lowest BCUT2D eigenvalue weighted by Crippen LogP contribution is -2.19. The highest BCUT2D eigenvalue weighted by atomic mass is 16.6. The van der Waals surface area contributed by atoms with Crippen LogP contribution < -0.4 is 0 Å². The second-order valence-corrected chi connectivity index (χ2v) is 2.76. The summed E-state index contributed by atoms with van der Waals surface area (Å²) in [5.74, 6) is 0. The molecule has 1 saturated heterocycles. The fraction of sp³-hybridized carbons (Fsp3) is 1.00. The van der Waals surface area contributed by atoms with E-state index in [4.69, 9.17) is 9.47 Å². The molecule has 1 heterocycles. The fourth-order valence-corrected chi connectivity index (χ4v) is 0.844. The van der Waals surface area contributed by atoms with Gasteiger partial charge in [0.25, 0.3) is 0 Å². The van der Waals surface area contributed by atoms with E-state index in [1.165, 1.54) is 0 Å². The molecule has 2 heteroatoms. The van der Waals surface area contributed by atoms with Crippen molar-refractivity contribution in [3.8, 4) is 0 Å². The fourth-order valence-electron chi connectivity index (χ4n) is 0.844. The van der Waals surface area contributed by atoms with Crippen LogP contribution >= 0.6 is 0 Å². The van der Waals surface area contributed by atoms with E-state index in [2.05, 4.69) is 6.92 Å². The number of hydrogen-bond donors (Lipinski definition) is 0. The van der Waals surface area contributed by atoms with Gasteiger partial charge in [-0.25, -0.2) is 0 Å². The van der Waals surface area contributed by atoms with Crippen molar-refractivity contribution in [2.75, 3.05) is 6.61 Å². The van der Waals surface area contributed by atoms with E-state index >= 15 is 0 Å². The van der Waals surface area contributed by atoms with Crippen LogP contribution in [0.5, 0.6) is 0 Å². The van der Waals surface area contributed by atoms with Crippen molar-refractivity contribution in [2.45, 2.75) is 39.1 Å². The van der Waals surface area contributed by atoms with E-state index in [1.807, 2.05) is 13.8 Å². The van der Waals surface area contributed by atoms with Crippen molar-refractivity contribution in [1.82, 2.24) is 0 Å². The molecule has 0 radical (unpaired) electrons. The minimum absolute atomic E-state index is 0.282. The Bertz CT molecular complexity index is 86.9. The first-order chi connectivity index (χ1) is 4.20. The van der Waals surface area contributed by atoms with Crippen LogP contribution in [-0.4, -0.2) is 24.9 Å². The molecule has 1 aliphatic heterocycles. The summed E-state index contributed by atoms with van der Waals surface area (Å²) in [7, 11) is 0. The summed E-state index contributed by atoms with van der Waals surface area (Å²) in [6.07, 6.45) is 0.988. The van der Waals surface area contributed by atoms with Gasteiger partial charge in [0.2, 0.25) is 0 Å². The highest BCUT2D eigenvalue weighted by molar-refractivity contribution is 4.76. The highest BCUT2D eigenvalue weighted by Crippen LogP contribution is 2.17. The Morgan fingerprint density at radius 1 is 1.44 bits per heavy atom. The summed E-state index contributed by atoms with van der Waals surface area (Å²) in [4.78, 5) is 0. The molecule has 2 nitrogen and oxygen atoms in total. The molecular weight excluding hydrogens is 116 g/mol. The molecule has 0 bridgehead atoms. The molecule has 0 aromatic rings. The first kappa shape index (κ1) is 7.03.